The molecule has 42 heavy (non-hydrogen) atoms. The molecule has 9 heteroatoms. The number of rotatable bonds is 10. The van der Waals surface area contributed by atoms with E-state index in [1.807, 2.05) is 43.3 Å². The van der Waals surface area contributed by atoms with Crippen LogP contribution in [-0.4, -0.2) is 39.7 Å². The summed E-state index contributed by atoms with van der Waals surface area (Å²) in [6.45, 7) is 3.75. The highest BCUT2D eigenvalue weighted by Gasteiger charge is 2.30. The van der Waals surface area contributed by atoms with Crippen LogP contribution in [-0.2, 0) is 30.8 Å². The normalized spacial score (nSPS) is 13.0. The number of amides is 1. The van der Waals surface area contributed by atoms with E-state index < -0.39 is 28.2 Å². The number of carbonyl (C=O) groups excluding carboxylic acids is 2. The van der Waals surface area contributed by atoms with Gasteiger partial charge in [0.15, 0.2) is 0 Å². The van der Waals surface area contributed by atoms with Crippen molar-refractivity contribution in [2.75, 3.05) is 13.2 Å². The van der Waals surface area contributed by atoms with Crippen molar-refractivity contribution in [1.29, 1.82) is 0 Å². The minimum Gasteiger partial charge on any atom is -0.464 e. The molecule has 1 amide bonds. The zero-order valence-electron chi connectivity index (χ0n) is 23.3. The minimum atomic E-state index is -4.06. The maximum Gasteiger partial charge on any atom is 0.407 e. The Hall–Kier alpha value is -4.63. The van der Waals surface area contributed by atoms with Gasteiger partial charge < -0.3 is 19.0 Å². The summed E-state index contributed by atoms with van der Waals surface area (Å²) in [4.78, 5) is 25.7. The summed E-state index contributed by atoms with van der Waals surface area (Å²) in [5, 5.41) is 2.63. The Morgan fingerprint density at radius 2 is 1.48 bits per heavy atom. The van der Waals surface area contributed by atoms with Gasteiger partial charge in [0.1, 0.15) is 23.3 Å². The molecule has 0 heterocycles. The van der Waals surface area contributed by atoms with Crippen molar-refractivity contribution in [3.05, 3.63) is 119 Å². The second-order valence-corrected chi connectivity index (χ2v) is 11.5. The van der Waals surface area contributed by atoms with Gasteiger partial charge in [-0.1, -0.05) is 78.4 Å². The van der Waals surface area contributed by atoms with Crippen LogP contribution in [0.5, 0.6) is 5.75 Å². The first-order valence-electron chi connectivity index (χ1n) is 13.6. The summed E-state index contributed by atoms with van der Waals surface area (Å²) in [6.07, 6.45) is -0.727. The second kappa shape index (κ2) is 12.5. The molecule has 0 saturated carbocycles. The van der Waals surface area contributed by atoms with E-state index in [4.69, 9.17) is 13.7 Å². The zero-order valence-corrected chi connectivity index (χ0v) is 24.1. The standard InChI is InChI=1S/C33H31NO7S/c1-3-39-32(35)31(20-23-9-8-10-24(19-23)41-42(37,38)25-17-15-22(2)16-18-25)34-33(36)40-21-30-28-13-6-4-11-26(28)27-12-5-7-14-29(27)30/h4-19,30-31H,3,20-21H2,1-2H3,(H,34,36)/t31-/m0/s1. The number of nitrogens with one attached hydrogen (secondary N) is 1. The number of ether oxygens (including phenoxy) is 2. The maximum atomic E-state index is 12.9. The number of alkyl carbamates (subject to hydrolysis) is 1. The number of benzene rings is 4. The lowest BCUT2D eigenvalue weighted by Crippen LogP contribution is -2.44. The van der Waals surface area contributed by atoms with Gasteiger partial charge in [-0.05, 0) is 65.9 Å². The Morgan fingerprint density at radius 3 is 2.12 bits per heavy atom. The van der Waals surface area contributed by atoms with Crippen LogP contribution in [0, 0.1) is 6.92 Å². The lowest BCUT2D eigenvalue weighted by molar-refractivity contribution is -0.145. The fourth-order valence-corrected chi connectivity index (χ4v) is 5.98. The summed E-state index contributed by atoms with van der Waals surface area (Å²) in [6, 6.07) is 27.6. The molecule has 8 nitrogen and oxygen atoms in total. The Kier molecular flexibility index (Phi) is 8.59. The predicted molar refractivity (Wildman–Crippen MR) is 158 cm³/mol. The van der Waals surface area contributed by atoms with Crippen LogP contribution >= 0.6 is 0 Å². The molecular weight excluding hydrogens is 554 g/mol. The van der Waals surface area contributed by atoms with E-state index in [0.717, 1.165) is 27.8 Å². The van der Waals surface area contributed by atoms with Crippen LogP contribution in [0.15, 0.2) is 102 Å². The molecule has 216 valence electrons. The van der Waals surface area contributed by atoms with Crippen molar-refractivity contribution in [3.8, 4) is 16.9 Å². The average Bonchev–Trinajstić information content (AvgIpc) is 3.29. The van der Waals surface area contributed by atoms with Crippen LogP contribution in [0.25, 0.3) is 11.1 Å². The number of esters is 1. The van der Waals surface area contributed by atoms with E-state index in [9.17, 15) is 18.0 Å². The van der Waals surface area contributed by atoms with Crippen molar-refractivity contribution in [3.63, 3.8) is 0 Å². The van der Waals surface area contributed by atoms with E-state index in [1.54, 1.807) is 31.2 Å². The van der Waals surface area contributed by atoms with E-state index in [1.165, 1.54) is 24.3 Å². The fourth-order valence-electron chi connectivity index (χ4n) is 5.06. The molecule has 1 aliphatic carbocycles. The van der Waals surface area contributed by atoms with Gasteiger partial charge in [0, 0.05) is 12.3 Å². The first-order chi connectivity index (χ1) is 20.2. The number of hydrogen-bond acceptors (Lipinski definition) is 7. The van der Waals surface area contributed by atoms with Gasteiger partial charge in [0.25, 0.3) is 0 Å². The van der Waals surface area contributed by atoms with Gasteiger partial charge in [0.2, 0.25) is 0 Å². The Labute approximate surface area is 245 Å². The topological polar surface area (TPSA) is 108 Å². The first kappa shape index (κ1) is 28.9. The molecular formula is C33H31NO7S. The van der Waals surface area contributed by atoms with Crippen molar-refractivity contribution < 1.29 is 31.7 Å². The molecule has 0 spiro atoms. The van der Waals surface area contributed by atoms with Gasteiger partial charge >= 0.3 is 22.2 Å². The van der Waals surface area contributed by atoms with Crippen LogP contribution in [0.3, 0.4) is 0 Å². The zero-order chi connectivity index (χ0) is 29.7. The molecule has 0 fully saturated rings. The number of hydrogen-bond donors (Lipinski definition) is 1. The lowest BCUT2D eigenvalue weighted by atomic mass is 9.98. The van der Waals surface area contributed by atoms with Crippen LogP contribution in [0.1, 0.15) is 35.1 Å². The smallest absolute Gasteiger partial charge is 0.407 e. The highest BCUT2D eigenvalue weighted by Crippen LogP contribution is 2.44. The SMILES string of the molecule is CCOC(=O)[C@H](Cc1cccc(OS(=O)(=O)c2ccc(C)cc2)c1)NC(=O)OCC1c2ccccc2-c2ccccc21. The van der Waals surface area contributed by atoms with Gasteiger partial charge in [0.05, 0.1) is 6.61 Å². The number of carbonyl (C=O) groups is 2. The molecule has 0 aromatic heterocycles. The second-order valence-electron chi connectivity index (χ2n) is 9.98. The molecule has 1 N–H and O–H groups in total. The van der Waals surface area contributed by atoms with E-state index in [-0.39, 0.29) is 36.2 Å². The van der Waals surface area contributed by atoms with Gasteiger partial charge in [-0.3, -0.25) is 0 Å². The molecule has 1 atom stereocenters. The van der Waals surface area contributed by atoms with Crippen LogP contribution in [0.4, 0.5) is 4.79 Å². The lowest BCUT2D eigenvalue weighted by Gasteiger charge is -2.19. The summed E-state index contributed by atoms with van der Waals surface area (Å²) >= 11 is 0. The molecule has 0 unspecified atom stereocenters. The highest BCUT2D eigenvalue weighted by molar-refractivity contribution is 7.87. The van der Waals surface area contributed by atoms with Crippen molar-refractivity contribution in [2.24, 2.45) is 0 Å². The first-order valence-corrected chi connectivity index (χ1v) is 15.0. The van der Waals surface area contributed by atoms with Gasteiger partial charge in [-0.25, -0.2) is 9.59 Å². The molecule has 0 bridgehead atoms. The minimum absolute atomic E-state index is 0.0276. The average molecular weight is 586 g/mol. The molecule has 5 rings (SSSR count). The molecule has 0 aliphatic heterocycles. The predicted octanol–water partition coefficient (Wildman–Crippen LogP) is 5.78. The van der Waals surface area contributed by atoms with Gasteiger partial charge in [-0.15, -0.1) is 0 Å². The Balaban J connectivity index is 1.27. The van der Waals surface area contributed by atoms with E-state index in [2.05, 4.69) is 17.4 Å². The largest absolute Gasteiger partial charge is 0.464 e. The number of fused-ring (bicyclic) bond motifs is 3. The van der Waals surface area contributed by atoms with Crippen molar-refractivity contribution >= 4 is 22.2 Å². The summed E-state index contributed by atoms with van der Waals surface area (Å²) < 4.78 is 41.6. The third kappa shape index (κ3) is 6.47. The number of aryl methyl sites for hydroxylation is 1. The highest BCUT2D eigenvalue weighted by atomic mass is 32.2. The van der Waals surface area contributed by atoms with Crippen molar-refractivity contribution in [2.45, 2.75) is 37.1 Å². The molecule has 4 aromatic carbocycles. The summed E-state index contributed by atoms with van der Waals surface area (Å²) in [5.74, 6) is -0.685. The fraction of sp³-hybridized carbons (Fsp3) is 0.212. The third-order valence-corrected chi connectivity index (χ3v) is 8.32. The maximum absolute atomic E-state index is 12.9. The molecule has 1 aliphatic rings. The van der Waals surface area contributed by atoms with E-state index >= 15 is 0 Å². The summed E-state index contributed by atoms with van der Waals surface area (Å²) in [5.41, 5.74) is 5.85. The van der Waals surface area contributed by atoms with Gasteiger partial charge in [-0.2, -0.15) is 8.42 Å². The van der Waals surface area contributed by atoms with Crippen LogP contribution < -0.4 is 9.50 Å². The molecule has 4 aromatic rings. The molecule has 0 radical (unpaired) electrons. The van der Waals surface area contributed by atoms with Crippen LogP contribution in [0.2, 0.25) is 0 Å². The van der Waals surface area contributed by atoms with E-state index in [0.29, 0.717) is 5.56 Å². The summed E-state index contributed by atoms with van der Waals surface area (Å²) in [7, 11) is -4.06. The monoisotopic (exact) mass is 585 g/mol. The molecule has 0 saturated heterocycles. The van der Waals surface area contributed by atoms with Crippen molar-refractivity contribution in [1.82, 2.24) is 5.32 Å². The third-order valence-electron chi connectivity index (χ3n) is 7.06. The quantitative estimate of drug-likeness (QED) is 0.186. The Morgan fingerprint density at radius 1 is 0.833 bits per heavy atom. The Bertz CT molecular complexity index is 1650.